The number of aliphatic hydroxyl groups is 1. The van der Waals surface area contributed by atoms with Crippen LogP contribution < -0.4 is 0 Å². The van der Waals surface area contributed by atoms with Gasteiger partial charge >= 0.3 is 5.97 Å². The van der Waals surface area contributed by atoms with Crippen molar-refractivity contribution in [2.75, 3.05) is 20.2 Å². The maximum absolute atomic E-state index is 12.4. The van der Waals surface area contributed by atoms with E-state index in [2.05, 4.69) is 15.9 Å². The van der Waals surface area contributed by atoms with E-state index in [-0.39, 0.29) is 17.1 Å². The van der Waals surface area contributed by atoms with Crippen LogP contribution in [0.1, 0.15) is 29.6 Å². The predicted molar refractivity (Wildman–Crippen MR) is 81.9 cm³/mol. The van der Waals surface area contributed by atoms with E-state index in [4.69, 9.17) is 10.2 Å². The quantitative estimate of drug-likeness (QED) is 0.672. The first kappa shape index (κ1) is 18.1. The van der Waals surface area contributed by atoms with Crippen molar-refractivity contribution in [3.8, 4) is 0 Å². The third-order valence-electron chi connectivity index (χ3n) is 3.01. The fraction of sp³-hybridized carbons (Fsp3) is 0.462. The largest absolute Gasteiger partial charge is 0.478 e. The van der Waals surface area contributed by atoms with E-state index >= 15 is 0 Å². The number of nitrogens with zero attached hydrogens (tertiary/aromatic N) is 1. The molecule has 0 fully saturated rings. The van der Waals surface area contributed by atoms with Gasteiger partial charge in [0, 0.05) is 24.7 Å². The zero-order valence-electron chi connectivity index (χ0n) is 11.6. The average Bonchev–Trinajstić information content (AvgIpc) is 2.43. The summed E-state index contributed by atoms with van der Waals surface area (Å²) in [6, 6.07) is 3.93. The van der Waals surface area contributed by atoms with Crippen LogP contribution in [-0.2, 0) is 10.0 Å². The molecule has 1 rings (SSSR count). The van der Waals surface area contributed by atoms with Gasteiger partial charge in [-0.05, 0) is 53.4 Å². The molecule has 0 aliphatic heterocycles. The second-order valence-electron chi connectivity index (χ2n) is 4.56. The van der Waals surface area contributed by atoms with Gasteiger partial charge in [-0.25, -0.2) is 17.5 Å². The normalized spacial score (nSPS) is 11.8. The number of halogens is 1. The predicted octanol–water partition coefficient (Wildman–Crippen LogP) is 1.93. The molecule has 6 nitrogen and oxygen atoms in total. The zero-order chi connectivity index (χ0) is 16.0. The molecule has 2 N–H and O–H groups in total. The van der Waals surface area contributed by atoms with Gasteiger partial charge in [0.25, 0.3) is 0 Å². The van der Waals surface area contributed by atoms with Crippen LogP contribution in [0.4, 0.5) is 0 Å². The summed E-state index contributed by atoms with van der Waals surface area (Å²) in [7, 11) is -2.26. The van der Waals surface area contributed by atoms with Crippen LogP contribution in [0.25, 0.3) is 0 Å². The number of carboxylic acids is 1. The Bertz CT molecular complexity index is 603. The Hall–Kier alpha value is -0.960. The zero-order valence-corrected chi connectivity index (χ0v) is 14.0. The SMILES string of the molecule is CN(CCCCCO)S(=O)(=O)c1ccc(Br)c(C(=O)O)c1. The first-order chi connectivity index (χ1) is 9.80. The maximum atomic E-state index is 12.4. The highest BCUT2D eigenvalue weighted by molar-refractivity contribution is 9.10. The highest BCUT2D eigenvalue weighted by atomic mass is 79.9. The number of hydrogen-bond acceptors (Lipinski definition) is 4. The molecule has 0 spiro atoms. The summed E-state index contributed by atoms with van der Waals surface area (Å²) in [4.78, 5) is 11.0. The van der Waals surface area contributed by atoms with Gasteiger partial charge in [-0.1, -0.05) is 0 Å². The number of benzene rings is 1. The summed E-state index contributed by atoms with van der Waals surface area (Å²) < 4.78 is 26.2. The molecule has 0 bridgehead atoms. The average molecular weight is 380 g/mol. The van der Waals surface area contributed by atoms with Gasteiger partial charge in [0.15, 0.2) is 0 Å². The number of unbranched alkanes of at least 4 members (excludes halogenated alkanes) is 2. The molecule has 21 heavy (non-hydrogen) atoms. The van der Waals surface area contributed by atoms with Crippen molar-refractivity contribution in [1.29, 1.82) is 0 Å². The number of carbonyl (C=O) groups is 1. The Kier molecular flexibility index (Phi) is 6.79. The van der Waals surface area contributed by atoms with Gasteiger partial charge in [-0.3, -0.25) is 0 Å². The van der Waals surface area contributed by atoms with Crippen molar-refractivity contribution in [2.45, 2.75) is 24.2 Å². The topological polar surface area (TPSA) is 94.9 Å². The van der Waals surface area contributed by atoms with Gasteiger partial charge in [0.1, 0.15) is 0 Å². The Balaban J connectivity index is 2.92. The summed E-state index contributed by atoms with van der Waals surface area (Å²) in [5.74, 6) is -1.19. The molecule has 0 aromatic heterocycles. The lowest BCUT2D eigenvalue weighted by atomic mass is 10.2. The van der Waals surface area contributed by atoms with Crippen LogP contribution >= 0.6 is 15.9 Å². The second kappa shape index (κ2) is 7.88. The molecule has 0 unspecified atom stereocenters. The smallest absolute Gasteiger partial charge is 0.336 e. The van der Waals surface area contributed by atoms with Gasteiger partial charge in [-0.15, -0.1) is 0 Å². The summed E-state index contributed by atoms with van der Waals surface area (Å²) in [5.41, 5.74) is -0.0928. The minimum Gasteiger partial charge on any atom is -0.478 e. The molecule has 0 atom stereocenters. The minimum absolute atomic E-state index is 0.0484. The van der Waals surface area contributed by atoms with Crippen LogP contribution in [0.15, 0.2) is 27.6 Å². The van der Waals surface area contributed by atoms with E-state index in [1.165, 1.54) is 23.5 Å². The Morgan fingerprint density at radius 2 is 1.95 bits per heavy atom. The van der Waals surface area contributed by atoms with Crippen LogP contribution in [0, 0.1) is 0 Å². The van der Waals surface area contributed by atoms with Crippen molar-refractivity contribution >= 4 is 31.9 Å². The number of carboxylic acid groups (broad SMARTS) is 1. The molecule has 1 aromatic carbocycles. The molecular formula is C13H18BrNO5S. The molecule has 0 aliphatic carbocycles. The lowest BCUT2D eigenvalue weighted by molar-refractivity contribution is 0.0695. The molecule has 1 aromatic rings. The van der Waals surface area contributed by atoms with E-state index in [1.54, 1.807) is 0 Å². The van der Waals surface area contributed by atoms with Crippen molar-refractivity contribution in [3.05, 3.63) is 28.2 Å². The molecule has 118 valence electrons. The third kappa shape index (κ3) is 4.77. The molecule has 8 heteroatoms. The summed E-state index contributed by atoms with van der Waals surface area (Å²) in [6.45, 7) is 0.409. The van der Waals surface area contributed by atoms with E-state index in [0.29, 0.717) is 23.9 Å². The van der Waals surface area contributed by atoms with E-state index < -0.39 is 16.0 Å². The van der Waals surface area contributed by atoms with Crippen molar-refractivity contribution in [2.24, 2.45) is 0 Å². The molecule has 0 aliphatic rings. The highest BCUT2D eigenvalue weighted by Crippen LogP contribution is 2.23. The number of rotatable bonds is 8. The minimum atomic E-state index is -3.71. The lowest BCUT2D eigenvalue weighted by Crippen LogP contribution is -2.28. The fourth-order valence-corrected chi connectivity index (χ4v) is 3.40. The Morgan fingerprint density at radius 3 is 2.52 bits per heavy atom. The van der Waals surface area contributed by atoms with Gasteiger partial charge in [0.05, 0.1) is 10.5 Å². The van der Waals surface area contributed by atoms with Crippen LogP contribution in [-0.4, -0.2) is 49.1 Å². The van der Waals surface area contributed by atoms with E-state index in [0.717, 1.165) is 12.5 Å². The lowest BCUT2D eigenvalue weighted by Gasteiger charge is -2.17. The van der Waals surface area contributed by atoms with Crippen LogP contribution in [0.2, 0.25) is 0 Å². The van der Waals surface area contributed by atoms with Gasteiger partial charge in [0.2, 0.25) is 10.0 Å². The molecular weight excluding hydrogens is 362 g/mol. The summed E-state index contributed by atoms with van der Waals surface area (Å²) in [6.07, 6.45) is 2.00. The number of aromatic carboxylic acids is 1. The van der Waals surface area contributed by atoms with Crippen LogP contribution in [0.3, 0.4) is 0 Å². The van der Waals surface area contributed by atoms with E-state index in [1.807, 2.05) is 0 Å². The van der Waals surface area contributed by atoms with Crippen molar-refractivity contribution in [1.82, 2.24) is 4.31 Å². The maximum Gasteiger partial charge on any atom is 0.336 e. The first-order valence-corrected chi connectivity index (χ1v) is 8.64. The summed E-state index contributed by atoms with van der Waals surface area (Å²) in [5, 5.41) is 17.7. The first-order valence-electron chi connectivity index (χ1n) is 6.40. The monoisotopic (exact) mass is 379 g/mol. The molecule has 0 saturated carbocycles. The third-order valence-corrected chi connectivity index (χ3v) is 5.55. The van der Waals surface area contributed by atoms with Gasteiger partial charge < -0.3 is 10.2 Å². The number of hydrogen-bond donors (Lipinski definition) is 2. The summed E-state index contributed by atoms with van der Waals surface area (Å²) >= 11 is 3.08. The number of sulfonamides is 1. The van der Waals surface area contributed by atoms with Gasteiger partial charge in [-0.2, -0.15) is 0 Å². The molecule has 0 heterocycles. The van der Waals surface area contributed by atoms with E-state index in [9.17, 15) is 13.2 Å². The molecule has 0 radical (unpaired) electrons. The Labute approximate surface area is 132 Å². The van der Waals surface area contributed by atoms with Crippen LogP contribution in [0.5, 0.6) is 0 Å². The van der Waals surface area contributed by atoms with Crippen molar-refractivity contribution < 1.29 is 23.4 Å². The highest BCUT2D eigenvalue weighted by Gasteiger charge is 2.22. The molecule has 0 amide bonds. The fourth-order valence-electron chi connectivity index (χ4n) is 1.75. The molecule has 0 saturated heterocycles. The standard InChI is InChI=1S/C13H18BrNO5S/c1-15(7-3-2-4-8-16)21(19,20)10-5-6-12(14)11(9-10)13(17)18/h5-6,9,16H,2-4,7-8H2,1H3,(H,17,18). The van der Waals surface area contributed by atoms with Crippen molar-refractivity contribution in [3.63, 3.8) is 0 Å². The Morgan fingerprint density at radius 1 is 1.29 bits per heavy atom. The second-order valence-corrected chi connectivity index (χ2v) is 7.46. The number of aliphatic hydroxyl groups excluding tert-OH is 1.